The second kappa shape index (κ2) is 6.54. The Kier molecular flexibility index (Phi) is 4.51. The third-order valence-electron chi connectivity index (χ3n) is 3.17. The lowest BCUT2D eigenvalue weighted by Crippen LogP contribution is -2.11. The van der Waals surface area contributed by atoms with E-state index in [9.17, 15) is 9.18 Å². The van der Waals surface area contributed by atoms with Gasteiger partial charge in [-0.1, -0.05) is 12.1 Å². The van der Waals surface area contributed by atoms with Crippen molar-refractivity contribution in [3.05, 3.63) is 65.5 Å². The predicted octanol–water partition coefficient (Wildman–Crippen LogP) is 4.56. The van der Waals surface area contributed by atoms with Gasteiger partial charge in [0.25, 0.3) is 5.91 Å². The number of benzene rings is 2. The van der Waals surface area contributed by atoms with Crippen molar-refractivity contribution in [2.24, 2.45) is 0 Å². The summed E-state index contributed by atoms with van der Waals surface area (Å²) in [5.74, 6) is 1.87. The van der Waals surface area contributed by atoms with Crippen LogP contribution in [0, 0.1) is 5.82 Å². The maximum atomic E-state index is 12.8. The van der Waals surface area contributed by atoms with Gasteiger partial charge >= 0.3 is 0 Å². The van der Waals surface area contributed by atoms with Crippen LogP contribution < -0.4 is 5.32 Å². The van der Waals surface area contributed by atoms with Crippen molar-refractivity contribution < 1.29 is 9.18 Å². The Bertz CT molecular complexity index is 622. The van der Waals surface area contributed by atoms with Crippen LogP contribution in [0.15, 0.2) is 48.5 Å². The number of hydrogen-bond acceptors (Lipinski definition) is 3. The van der Waals surface area contributed by atoms with Crippen molar-refractivity contribution in [2.45, 2.75) is 4.58 Å². The predicted molar refractivity (Wildman–Crippen MR) is 88.5 cm³/mol. The zero-order valence-corrected chi connectivity index (χ0v) is 12.8. The summed E-state index contributed by atoms with van der Waals surface area (Å²) in [6.07, 6.45) is 0. The minimum absolute atomic E-state index is 0.181. The number of amides is 1. The van der Waals surface area contributed by atoms with Gasteiger partial charge in [0.15, 0.2) is 0 Å². The first-order chi connectivity index (χ1) is 10.2. The number of anilines is 1. The van der Waals surface area contributed by atoms with Crippen LogP contribution in [0.2, 0.25) is 0 Å². The van der Waals surface area contributed by atoms with E-state index in [0.29, 0.717) is 15.8 Å². The number of carbonyl (C=O) groups is 1. The lowest BCUT2D eigenvalue weighted by molar-refractivity contribution is 0.102. The smallest absolute Gasteiger partial charge is 0.255 e. The summed E-state index contributed by atoms with van der Waals surface area (Å²) in [6.45, 7) is 0. The Morgan fingerprint density at radius 1 is 1.00 bits per heavy atom. The Morgan fingerprint density at radius 2 is 1.62 bits per heavy atom. The highest BCUT2D eigenvalue weighted by molar-refractivity contribution is 8.19. The highest BCUT2D eigenvalue weighted by Gasteiger charge is 2.18. The maximum Gasteiger partial charge on any atom is 0.255 e. The Labute approximate surface area is 131 Å². The van der Waals surface area contributed by atoms with Gasteiger partial charge in [0, 0.05) is 22.8 Å². The number of thioether (sulfide) groups is 2. The second-order valence-electron chi connectivity index (χ2n) is 4.66. The molecular weight excluding hydrogens is 305 g/mol. The summed E-state index contributed by atoms with van der Waals surface area (Å²) < 4.78 is 13.3. The molecule has 1 aliphatic rings. The number of halogens is 1. The number of rotatable bonds is 3. The Morgan fingerprint density at radius 3 is 2.24 bits per heavy atom. The molecule has 0 radical (unpaired) electrons. The van der Waals surface area contributed by atoms with Gasteiger partial charge in [0.1, 0.15) is 5.82 Å². The zero-order valence-electron chi connectivity index (χ0n) is 11.2. The molecule has 1 fully saturated rings. The molecule has 2 nitrogen and oxygen atoms in total. The van der Waals surface area contributed by atoms with Crippen LogP contribution in [0.5, 0.6) is 0 Å². The van der Waals surface area contributed by atoms with Gasteiger partial charge in [-0.05, 0) is 42.0 Å². The van der Waals surface area contributed by atoms with E-state index in [2.05, 4.69) is 5.32 Å². The normalized spacial score (nSPS) is 15.1. The van der Waals surface area contributed by atoms with E-state index in [4.69, 9.17) is 0 Å². The van der Waals surface area contributed by atoms with E-state index in [-0.39, 0.29) is 11.7 Å². The van der Waals surface area contributed by atoms with Gasteiger partial charge in [0.05, 0.1) is 4.58 Å². The summed E-state index contributed by atoms with van der Waals surface area (Å²) in [7, 11) is 0. The quantitative estimate of drug-likeness (QED) is 0.899. The van der Waals surface area contributed by atoms with Gasteiger partial charge < -0.3 is 5.32 Å². The highest BCUT2D eigenvalue weighted by Crippen LogP contribution is 2.45. The third-order valence-corrected chi connectivity index (χ3v) is 6.27. The van der Waals surface area contributed by atoms with E-state index in [0.717, 1.165) is 0 Å². The van der Waals surface area contributed by atoms with Gasteiger partial charge in [-0.2, -0.15) is 0 Å². The minimum Gasteiger partial charge on any atom is -0.322 e. The summed E-state index contributed by atoms with van der Waals surface area (Å²) in [5, 5.41) is 2.76. The molecule has 21 heavy (non-hydrogen) atoms. The van der Waals surface area contributed by atoms with E-state index < -0.39 is 0 Å². The van der Waals surface area contributed by atoms with Gasteiger partial charge in [-0.15, -0.1) is 23.5 Å². The largest absolute Gasteiger partial charge is 0.322 e. The van der Waals surface area contributed by atoms with E-state index in [1.807, 2.05) is 47.8 Å². The molecule has 108 valence electrons. The summed E-state index contributed by atoms with van der Waals surface area (Å²) in [4.78, 5) is 12.1. The molecule has 1 heterocycles. The average molecular weight is 319 g/mol. The van der Waals surface area contributed by atoms with Crippen molar-refractivity contribution in [2.75, 3.05) is 16.8 Å². The molecule has 1 amide bonds. The Hall–Kier alpha value is -1.46. The van der Waals surface area contributed by atoms with Crippen molar-refractivity contribution >= 4 is 35.1 Å². The molecule has 3 rings (SSSR count). The first kappa shape index (κ1) is 14.5. The molecule has 5 heteroatoms. The molecule has 0 aromatic heterocycles. The first-order valence-corrected chi connectivity index (χ1v) is 8.72. The van der Waals surface area contributed by atoms with Crippen LogP contribution in [0.4, 0.5) is 10.1 Å². The molecule has 1 aliphatic heterocycles. The second-order valence-corrected chi connectivity index (χ2v) is 7.38. The standard InChI is InChI=1S/C16H14FNOS2/c17-13-5-7-14(8-6-13)18-15(19)11-1-3-12(4-2-11)16-20-9-10-21-16/h1-8,16H,9-10H2,(H,18,19). The van der Waals surface area contributed by atoms with Crippen LogP contribution in [-0.2, 0) is 0 Å². The van der Waals surface area contributed by atoms with Gasteiger partial charge in [-0.25, -0.2) is 4.39 Å². The van der Waals surface area contributed by atoms with E-state index >= 15 is 0 Å². The molecule has 0 saturated carbocycles. The SMILES string of the molecule is O=C(Nc1ccc(F)cc1)c1ccc(C2SCCS2)cc1. The third kappa shape index (κ3) is 3.60. The maximum absolute atomic E-state index is 12.8. The fraction of sp³-hybridized carbons (Fsp3) is 0.188. The van der Waals surface area contributed by atoms with Crippen LogP contribution >= 0.6 is 23.5 Å². The summed E-state index contributed by atoms with van der Waals surface area (Å²) >= 11 is 3.88. The zero-order chi connectivity index (χ0) is 14.7. The topological polar surface area (TPSA) is 29.1 Å². The lowest BCUT2D eigenvalue weighted by atomic mass is 10.1. The van der Waals surface area contributed by atoms with Crippen molar-refractivity contribution in [3.8, 4) is 0 Å². The van der Waals surface area contributed by atoms with E-state index in [1.54, 1.807) is 12.1 Å². The van der Waals surface area contributed by atoms with Crippen LogP contribution in [0.3, 0.4) is 0 Å². The van der Waals surface area contributed by atoms with Gasteiger partial charge in [-0.3, -0.25) is 4.79 Å². The van der Waals surface area contributed by atoms with Crippen LogP contribution in [0.1, 0.15) is 20.5 Å². The van der Waals surface area contributed by atoms with Crippen LogP contribution in [0.25, 0.3) is 0 Å². The number of hydrogen-bond donors (Lipinski definition) is 1. The lowest BCUT2D eigenvalue weighted by Gasteiger charge is -2.09. The molecule has 0 bridgehead atoms. The fourth-order valence-corrected chi connectivity index (χ4v) is 4.94. The average Bonchev–Trinajstić information content (AvgIpc) is 3.04. The van der Waals surface area contributed by atoms with Crippen molar-refractivity contribution in [3.63, 3.8) is 0 Å². The molecule has 0 unspecified atom stereocenters. The fourth-order valence-electron chi connectivity index (χ4n) is 2.08. The molecule has 2 aromatic rings. The molecular formula is C16H14FNOS2. The van der Waals surface area contributed by atoms with Crippen molar-refractivity contribution in [1.82, 2.24) is 0 Å². The number of nitrogens with one attached hydrogen (secondary N) is 1. The molecule has 0 atom stereocenters. The monoisotopic (exact) mass is 319 g/mol. The van der Waals surface area contributed by atoms with E-state index in [1.165, 1.54) is 29.2 Å². The number of carbonyl (C=O) groups excluding carboxylic acids is 1. The summed E-state index contributed by atoms with van der Waals surface area (Å²) in [6, 6.07) is 13.5. The summed E-state index contributed by atoms with van der Waals surface area (Å²) in [5.41, 5.74) is 2.45. The molecule has 0 spiro atoms. The van der Waals surface area contributed by atoms with Crippen LogP contribution in [-0.4, -0.2) is 17.4 Å². The Balaban J connectivity index is 1.68. The molecule has 0 aliphatic carbocycles. The molecule has 1 N–H and O–H groups in total. The van der Waals surface area contributed by atoms with Crippen molar-refractivity contribution in [1.29, 1.82) is 0 Å². The van der Waals surface area contributed by atoms with Gasteiger partial charge in [0.2, 0.25) is 0 Å². The highest BCUT2D eigenvalue weighted by atomic mass is 32.2. The molecule has 2 aromatic carbocycles. The first-order valence-electron chi connectivity index (χ1n) is 6.62. The molecule has 1 saturated heterocycles. The minimum atomic E-state index is -0.316.